The summed E-state index contributed by atoms with van der Waals surface area (Å²) in [7, 11) is 1.94. The van der Waals surface area contributed by atoms with E-state index < -0.39 is 0 Å². The van der Waals surface area contributed by atoms with Crippen LogP contribution < -0.4 is 10.6 Å². The first-order valence-corrected chi connectivity index (χ1v) is 8.36. The minimum atomic E-state index is 0.0535. The lowest BCUT2D eigenvalue weighted by Gasteiger charge is -2.23. The number of nitrogens with one attached hydrogen (secondary N) is 2. The van der Waals surface area contributed by atoms with Crippen LogP contribution in [0, 0.1) is 0 Å². The number of rotatable bonds is 3. The highest BCUT2D eigenvalue weighted by atomic mass is 32.1. The van der Waals surface area contributed by atoms with Crippen LogP contribution in [-0.4, -0.2) is 34.8 Å². The summed E-state index contributed by atoms with van der Waals surface area (Å²) in [4.78, 5) is 14.3. The summed E-state index contributed by atoms with van der Waals surface area (Å²) >= 11 is 1.53. The van der Waals surface area contributed by atoms with Crippen molar-refractivity contribution in [1.82, 2.24) is 20.4 Å². The molecule has 0 spiro atoms. The first kappa shape index (κ1) is 14.5. The third-order valence-electron chi connectivity index (χ3n) is 3.99. The molecule has 0 unspecified atom stereocenters. The zero-order valence-electron chi connectivity index (χ0n) is 12.8. The van der Waals surface area contributed by atoms with Gasteiger partial charge in [0.15, 0.2) is 0 Å². The fraction of sp³-hybridized carbons (Fsp3) is 0.600. The van der Waals surface area contributed by atoms with Gasteiger partial charge in [0.25, 0.3) is 5.91 Å². The fourth-order valence-corrected chi connectivity index (χ4v) is 3.81. The van der Waals surface area contributed by atoms with Crippen molar-refractivity contribution >= 4 is 27.5 Å². The standard InChI is InChI=1S/C15H22N4OS/c1-9(2)13-11-8-12(21-15(11)19(3)18-13)14(20)17-10-4-6-16-7-5-10/h8-10,16H,4-7H2,1-3H3,(H,17,20). The Morgan fingerprint density at radius 2 is 2.19 bits per heavy atom. The molecule has 0 aliphatic carbocycles. The molecule has 5 nitrogen and oxygen atoms in total. The van der Waals surface area contributed by atoms with Crippen LogP contribution in [-0.2, 0) is 7.05 Å². The molecule has 3 heterocycles. The van der Waals surface area contributed by atoms with Crippen molar-refractivity contribution in [2.24, 2.45) is 7.05 Å². The quantitative estimate of drug-likeness (QED) is 0.914. The molecular formula is C15H22N4OS. The molecule has 0 bridgehead atoms. The van der Waals surface area contributed by atoms with Crippen molar-refractivity contribution in [3.05, 3.63) is 16.6 Å². The van der Waals surface area contributed by atoms with Gasteiger partial charge in [-0.25, -0.2) is 0 Å². The van der Waals surface area contributed by atoms with Gasteiger partial charge < -0.3 is 10.6 Å². The van der Waals surface area contributed by atoms with Gasteiger partial charge >= 0.3 is 0 Å². The smallest absolute Gasteiger partial charge is 0.261 e. The van der Waals surface area contributed by atoms with Gasteiger partial charge in [0.05, 0.1) is 10.6 Å². The first-order valence-electron chi connectivity index (χ1n) is 7.54. The Hall–Kier alpha value is -1.40. The molecule has 1 amide bonds. The summed E-state index contributed by atoms with van der Waals surface area (Å²) in [5, 5.41) is 12.1. The van der Waals surface area contributed by atoms with Crippen molar-refractivity contribution < 1.29 is 4.79 Å². The van der Waals surface area contributed by atoms with Crippen LogP contribution in [0.2, 0.25) is 0 Å². The Morgan fingerprint density at radius 3 is 2.86 bits per heavy atom. The molecule has 21 heavy (non-hydrogen) atoms. The average Bonchev–Trinajstić information content (AvgIpc) is 3.01. The minimum absolute atomic E-state index is 0.0535. The number of fused-ring (bicyclic) bond motifs is 1. The number of aryl methyl sites for hydroxylation is 1. The van der Waals surface area contributed by atoms with E-state index in [2.05, 4.69) is 29.6 Å². The molecule has 1 aliphatic rings. The monoisotopic (exact) mass is 306 g/mol. The second-order valence-electron chi connectivity index (χ2n) is 5.99. The second kappa shape index (κ2) is 5.77. The molecule has 1 aliphatic heterocycles. The van der Waals surface area contributed by atoms with E-state index in [1.54, 1.807) is 0 Å². The van der Waals surface area contributed by atoms with Crippen LogP contribution in [0.5, 0.6) is 0 Å². The van der Waals surface area contributed by atoms with Crippen molar-refractivity contribution in [3.63, 3.8) is 0 Å². The van der Waals surface area contributed by atoms with E-state index in [4.69, 9.17) is 0 Å². The molecule has 1 fully saturated rings. The van der Waals surface area contributed by atoms with Crippen LogP contribution in [0.25, 0.3) is 10.2 Å². The molecule has 0 saturated carbocycles. The highest BCUT2D eigenvalue weighted by molar-refractivity contribution is 7.20. The number of amides is 1. The number of carbonyl (C=O) groups is 1. The molecule has 0 radical (unpaired) electrons. The van der Waals surface area contributed by atoms with Crippen LogP contribution in [0.15, 0.2) is 6.07 Å². The van der Waals surface area contributed by atoms with E-state index in [-0.39, 0.29) is 5.91 Å². The van der Waals surface area contributed by atoms with Crippen LogP contribution in [0.3, 0.4) is 0 Å². The van der Waals surface area contributed by atoms with E-state index in [9.17, 15) is 4.79 Å². The Balaban J connectivity index is 1.83. The molecule has 0 aromatic carbocycles. The maximum absolute atomic E-state index is 12.4. The minimum Gasteiger partial charge on any atom is -0.349 e. The zero-order chi connectivity index (χ0) is 15.0. The number of thiophene rings is 1. The molecule has 2 aromatic heterocycles. The number of piperidine rings is 1. The van der Waals surface area contributed by atoms with Crippen LogP contribution >= 0.6 is 11.3 Å². The molecular weight excluding hydrogens is 284 g/mol. The van der Waals surface area contributed by atoms with Crippen molar-refractivity contribution in [1.29, 1.82) is 0 Å². The highest BCUT2D eigenvalue weighted by Crippen LogP contribution is 2.31. The van der Waals surface area contributed by atoms with Crippen molar-refractivity contribution in [3.8, 4) is 0 Å². The summed E-state index contributed by atoms with van der Waals surface area (Å²) < 4.78 is 1.89. The molecule has 3 rings (SSSR count). The van der Waals surface area contributed by atoms with E-state index in [1.807, 2.05) is 17.8 Å². The maximum Gasteiger partial charge on any atom is 0.261 e. The third kappa shape index (κ3) is 2.82. The van der Waals surface area contributed by atoms with Crippen LogP contribution in [0.1, 0.15) is 48.0 Å². The van der Waals surface area contributed by atoms with Crippen molar-refractivity contribution in [2.45, 2.75) is 38.6 Å². The fourth-order valence-electron chi connectivity index (χ4n) is 2.83. The normalized spacial score (nSPS) is 16.8. The van der Waals surface area contributed by atoms with E-state index in [0.29, 0.717) is 12.0 Å². The Labute approximate surface area is 128 Å². The van der Waals surface area contributed by atoms with E-state index in [1.165, 1.54) is 11.3 Å². The van der Waals surface area contributed by atoms with E-state index >= 15 is 0 Å². The highest BCUT2D eigenvalue weighted by Gasteiger charge is 2.21. The molecule has 114 valence electrons. The summed E-state index contributed by atoms with van der Waals surface area (Å²) in [6.45, 7) is 6.24. The Kier molecular flexibility index (Phi) is 3.99. The Morgan fingerprint density at radius 1 is 1.48 bits per heavy atom. The molecule has 2 aromatic rings. The topological polar surface area (TPSA) is 59.0 Å². The van der Waals surface area contributed by atoms with Gasteiger partial charge in [-0.2, -0.15) is 5.10 Å². The van der Waals surface area contributed by atoms with Gasteiger partial charge in [-0.1, -0.05) is 13.8 Å². The number of aromatic nitrogens is 2. The van der Waals surface area contributed by atoms with Gasteiger partial charge in [0, 0.05) is 18.5 Å². The SMILES string of the molecule is CC(C)c1nn(C)c2sc(C(=O)NC3CCNCC3)cc12. The van der Waals surface area contributed by atoms with E-state index in [0.717, 1.165) is 46.7 Å². The van der Waals surface area contributed by atoms with Gasteiger partial charge in [-0.3, -0.25) is 9.48 Å². The molecule has 0 atom stereocenters. The van der Waals surface area contributed by atoms with Crippen molar-refractivity contribution in [2.75, 3.05) is 13.1 Å². The van der Waals surface area contributed by atoms with Gasteiger partial charge in [-0.05, 0) is 37.9 Å². The number of carbonyl (C=O) groups excluding carboxylic acids is 1. The zero-order valence-corrected chi connectivity index (χ0v) is 13.6. The number of hydrogen-bond acceptors (Lipinski definition) is 4. The summed E-state index contributed by atoms with van der Waals surface area (Å²) in [6, 6.07) is 2.30. The molecule has 1 saturated heterocycles. The van der Waals surface area contributed by atoms with Gasteiger partial charge in [0.2, 0.25) is 0 Å². The second-order valence-corrected chi connectivity index (χ2v) is 7.02. The van der Waals surface area contributed by atoms with Crippen LogP contribution in [0.4, 0.5) is 0 Å². The summed E-state index contributed by atoms with van der Waals surface area (Å²) in [5.74, 6) is 0.418. The number of hydrogen-bond donors (Lipinski definition) is 2. The lowest BCUT2D eigenvalue weighted by atomic mass is 10.1. The molecule has 2 N–H and O–H groups in total. The summed E-state index contributed by atoms with van der Waals surface area (Å²) in [6.07, 6.45) is 2.02. The van der Waals surface area contributed by atoms with Gasteiger partial charge in [-0.15, -0.1) is 11.3 Å². The maximum atomic E-state index is 12.4. The van der Waals surface area contributed by atoms with Gasteiger partial charge in [0.1, 0.15) is 4.83 Å². The Bertz CT molecular complexity index is 652. The first-order chi connectivity index (χ1) is 10.1. The summed E-state index contributed by atoms with van der Waals surface area (Å²) in [5.41, 5.74) is 1.07. The predicted molar refractivity (Wildman–Crippen MR) is 86.0 cm³/mol. The predicted octanol–water partition coefficient (Wildman–Crippen LogP) is 2.24. The third-order valence-corrected chi connectivity index (χ3v) is 5.19. The largest absolute Gasteiger partial charge is 0.349 e. The lowest BCUT2D eigenvalue weighted by molar-refractivity contribution is 0.0934. The number of nitrogens with zero attached hydrogens (tertiary/aromatic N) is 2. The molecule has 6 heteroatoms. The lowest BCUT2D eigenvalue weighted by Crippen LogP contribution is -2.42. The average molecular weight is 306 g/mol.